The molecule has 0 aliphatic rings. The van der Waals surface area contributed by atoms with Gasteiger partial charge in [-0.25, -0.2) is 8.78 Å². The summed E-state index contributed by atoms with van der Waals surface area (Å²) >= 11 is 6.08. The third kappa shape index (κ3) is 6.91. The smallest absolute Gasteiger partial charge is 0.303 e. The van der Waals surface area contributed by atoms with Crippen LogP contribution in [0.1, 0.15) is 32.4 Å². The molecule has 12 heteroatoms. The van der Waals surface area contributed by atoms with Gasteiger partial charge in [-0.2, -0.15) is 4.98 Å². The quantitative estimate of drug-likeness (QED) is 0.417. The summed E-state index contributed by atoms with van der Waals surface area (Å²) in [6, 6.07) is 2.47. The Morgan fingerprint density at radius 2 is 1.97 bits per heavy atom. The van der Waals surface area contributed by atoms with E-state index in [4.69, 9.17) is 21.1 Å². The predicted molar refractivity (Wildman–Crippen MR) is 110 cm³/mol. The van der Waals surface area contributed by atoms with Crippen molar-refractivity contribution in [3.05, 3.63) is 50.8 Å². The summed E-state index contributed by atoms with van der Waals surface area (Å²) in [4.78, 5) is 39.0. The van der Waals surface area contributed by atoms with Gasteiger partial charge in [-0.1, -0.05) is 11.6 Å². The molecule has 1 N–H and O–H groups in total. The lowest BCUT2D eigenvalue weighted by molar-refractivity contribution is -0.146. The lowest BCUT2D eigenvalue weighted by Gasteiger charge is -2.18. The lowest BCUT2D eigenvalue weighted by atomic mass is 10.2. The van der Waals surface area contributed by atoms with Crippen LogP contribution in [-0.4, -0.2) is 41.2 Å². The molecule has 0 radical (unpaired) electrons. The average Bonchev–Trinajstić information content (AvgIpc) is 2.71. The molecule has 1 aromatic heterocycles. The molecule has 0 aliphatic carbocycles. The van der Waals surface area contributed by atoms with Crippen LogP contribution >= 0.6 is 11.6 Å². The van der Waals surface area contributed by atoms with Crippen LogP contribution < -0.4 is 20.3 Å². The fourth-order valence-electron chi connectivity index (χ4n) is 2.46. The highest BCUT2D eigenvalue weighted by atomic mass is 35.5. The van der Waals surface area contributed by atoms with Crippen molar-refractivity contribution >= 4 is 23.5 Å². The minimum Gasteiger partial charge on any atom is -0.471 e. The number of rotatable bonds is 10. The number of nitrogens with zero attached hydrogens (tertiary/aromatic N) is 2. The first-order chi connectivity index (χ1) is 15.1. The molecule has 1 aromatic carbocycles. The van der Waals surface area contributed by atoms with Crippen LogP contribution in [-0.2, 0) is 20.9 Å². The Morgan fingerprint density at radius 1 is 1.25 bits per heavy atom. The van der Waals surface area contributed by atoms with Gasteiger partial charge in [0.15, 0.2) is 11.6 Å². The van der Waals surface area contributed by atoms with Crippen LogP contribution in [0.15, 0.2) is 23.0 Å². The topological polar surface area (TPSA) is 109 Å². The molecule has 0 atom stereocenters. The number of hydrogen-bond acceptors (Lipinski definition) is 7. The number of hydrogen-bond donors (Lipinski definition) is 1. The van der Waals surface area contributed by atoms with E-state index in [9.17, 15) is 23.2 Å². The van der Waals surface area contributed by atoms with E-state index in [0.29, 0.717) is 6.07 Å². The maximum atomic E-state index is 13.8. The van der Waals surface area contributed by atoms with Crippen molar-refractivity contribution in [2.45, 2.75) is 33.4 Å². The fourth-order valence-corrected chi connectivity index (χ4v) is 2.65. The Balaban J connectivity index is 2.11. The molecule has 32 heavy (non-hydrogen) atoms. The Kier molecular flexibility index (Phi) is 8.94. The summed E-state index contributed by atoms with van der Waals surface area (Å²) in [7, 11) is 0. The Hall–Kier alpha value is -3.21. The summed E-state index contributed by atoms with van der Waals surface area (Å²) in [5, 5.41) is 2.14. The van der Waals surface area contributed by atoms with Crippen LogP contribution in [0, 0.1) is 11.6 Å². The number of nitrogens with one attached hydrogen (secondary N) is 1. The van der Waals surface area contributed by atoms with Crippen LogP contribution in [0.5, 0.6) is 11.9 Å². The number of halogens is 3. The van der Waals surface area contributed by atoms with Crippen LogP contribution in [0.2, 0.25) is 5.02 Å². The second-order valence-electron chi connectivity index (χ2n) is 6.79. The Bertz CT molecular complexity index is 1040. The molecule has 174 valence electrons. The number of carbonyl (C=O) groups excluding carboxylic acids is 2. The van der Waals surface area contributed by atoms with Gasteiger partial charge in [0.25, 0.3) is 11.5 Å². The molecule has 1 heterocycles. The number of amides is 1. The first kappa shape index (κ1) is 25.1. The molecule has 0 spiro atoms. The molecule has 1 amide bonds. The standard InChI is InChI=1S/C20H22ClF2N3O6/c1-11(2)26-19(29)17(21)18(32-9-13-4-5-14(22)8-15(13)23)25-20(26)30-7-6-24-16(28)10-31-12(3)27/h4-5,8,11H,6-7,9-10H2,1-3H3,(H,24,28). The number of ether oxygens (including phenoxy) is 3. The minimum absolute atomic E-state index is 0.0354. The largest absolute Gasteiger partial charge is 0.471 e. The van der Waals surface area contributed by atoms with Gasteiger partial charge < -0.3 is 19.5 Å². The van der Waals surface area contributed by atoms with Gasteiger partial charge >= 0.3 is 12.0 Å². The second kappa shape index (κ2) is 11.4. The summed E-state index contributed by atoms with van der Waals surface area (Å²) < 4.78 is 43.5. The molecule has 0 saturated carbocycles. The van der Waals surface area contributed by atoms with E-state index in [1.54, 1.807) is 13.8 Å². The molecule has 0 unspecified atom stereocenters. The van der Waals surface area contributed by atoms with Gasteiger partial charge in [0.1, 0.15) is 24.8 Å². The van der Waals surface area contributed by atoms with E-state index in [0.717, 1.165) is 6.07 Å². The summed E-state index contributed by atoms with van der Waals surface area (Å²) in [6.07, 6.45) is 0. The van der Waals surface area contributed by atoms with E-state index >= 15 is 0 Å². The molecule has 0 fully saturated rings. The van der Waals surface area contributed by atoms with Crippen molar-refractivity contribution in [2.75, 3.05) is 19.8 Å². The zero-order valence-electron chi connectivity index (χ0n) is 17.6. The van der Waals surface area contributed by atoms with Crippen molar-refractivity contribution in [3.8, 4) is 11.9 Å². The van der Waals surface area contributed by atoms with E-state index in [-0.39, 0.29) is 48.3 Å². The molecule has 0 saturated heterocycles. The van der Waals surface area contributed by atoms with Crippen LogP contribution in [0.25, 0.3) is 0 Å². The van der Waals surface area contributed by atoms with Gasteiger partial charge in [0.2, 0.25) is 5.88 Å². The van der Waals surface area contributed by atoms with Gasteiger partial charge in [0.05, 0.1) is 6.54 Å². The number of carbonyl (C=O) groups is 2. The first-order valence-corrected chi connectivity index (χ1v) is 9.89. The summed E-state index contributed by atoms with van der Waals surface area (Å²) in [5.41, 5.74) is -0.601. The normalized spacial score (nSPS) is 10.7. The maximum absolute atomic E-state index is 13.8. The number of benzene rings is 1. The first-order valence-electron chi connectivity index (χ1n) is 9.51. The molecular weight excluding hydrogens is 452 g/mol. The zero-order valence-corrected chi connectivity index (χ0v) is 18.4. The molecule has 0 aliphatic heterocycles. The summed E-state index contributed by atoms with van der Waals surface area (Å²) in [6.45, 7) is 3.78. The SMILES string of the molecule is CC(=O)OCC(=O)NCCOc1nc(OCc2ccc(F)cc2F)c(Cl)c(=O)n1C(C)C. The minimum atomic E-state index is -0.822. The molecule has 2 aromatic rings. The Morgan fingerprint density at radius 3 is 2.59 bits per heavy atom. The third-order valence-electron chi connectivity index (χ3n) is 3.96. The van der Waals surface area contributed by atoms with Crippen LogP contribution in [0.4, 0.5) is 8.78 Å². The highest BCUT2D eigenvalue weighted by Gasteiger charge is 2.20. The van der Waals surface area contributed by atoms with Crippen molar-refractivity contribution < 1.29 is 32.6 Å². The van der Waals surface area contributed by atoms with Crippen molar-refractivity contribution in [2.24, 2.45) is 0 Å². The van der Waals surface area contributed by atoms with Crippen molar-refractivity contribution in [3.63, 3.8) is 0 Å². The molecular formula is C20H22ClF2N3O6. The molecule has 9 nitrogen and oxygen atoms in total. The fraction of sp³-hybridized carbons (Fsp3) is 0.400. The van der Waals surface area contributed by atoms with E-state index in [1.807, 2.05) is 0 Å². The van der Waals surface area contributed by atoms with Gasteiger partial charge in [-0.15, -0.1) is 0 Å². The second-order valence-corrected chi connectivity index (χ2v) is 7.16. The zero-order chi connectivity index (χ0) is 23.8. The van der Waals surface area contributed by atoms with Gasteiger partial charge in [-0.3, -0.25) is 19.0 Å². The van der Waals surface area contributed by atoms with E-state index in [1.165, 1.54) is 17.6 Å². The molecule has 2 rings (SSSR count). The summed E-state index contributed by atoms with van der Waals surface area (Å²) in [5.74, 6) is -2.96. The van der Waals surface area contributed by atoms with Gasteiger partial charge in [0, 0.05) is 24.6 Å². The average molecular weight is 474 g/mol. The lowest BCUT2D eigenvalue weighted by Crippen LogP contribution is -2.33. The maximum Gasteiger partial charge on any atom is 0.303 e. The number of esters is 1. The molecule has 0 bridgehead atoms. The van der Waals surface area contributed by atoms with Crippen molar-refractivity contribution in [1.29, 1.82) is 0 Å². The van der Waals surface area contributed by atoms with Crippen LogP contribution in [0.3, 0.4) is 0 Å². The number of aromatic nitrogens is 2. The third-order valence-corrected chi connectivity index (χ3v) is 4.28. The van der Waals surface area contributed by atoms with Gasteiger partial charge in [-0.05, 0) is 26.0 Å². The Labute approximate surface area is 187 Å². The highest BCUT2D eigenvalue weighted by molar-refractivity contribution is 6.31. The highest BCUT2D eigenvalue weighted by Crippen LogP contribution is 2.24. The van der Waals surface area contributed by atoms with E-state index < -0.39 is 35.7 Å². The predicted octanol–water partition coefficient (Wildman–Crippen LogP) is 2.39. The monoisotopic (exact) mass is 473 g/mol. The van der Waals surface area contributed by atoms with E-state index in [2.05, 4.69) is 15.0 Å². The van der Waals surface area contributed by atoms with Crippen molar-refractivity contribution in [1.82, 2.24) is 14.9 Å².